The van der Waals surface area contributed by atoms with Crippen LogP contribution in [-0.2, 0) is 15.1 Å². The van der Waals surface area contributed by atoms with Crippen LogP contribution in [0.4, 0.5) is 0 Å². The van der Waals surface area contributed by atoms with Crippen LogP contribution in [0.1, 0.15) is 28.4 Å². The van der Waals surface area contributed by atoms with E-state index in [9.17, 15) is 10.0 Å². The van der Waals surface area contributed by atoms with Crippen LogP contribution in [0.2, 0.25) is 0 Å². The Labute approximate surface area is 171 Å². The van der Waals surface area contributed by atoms with Gasteiger partial charge < -0.3 is 32.9 Å². The number of hydrogen-bond acceptors (Lipinski definition) is 6. The molecule has 30 heavy (non-hydrogen) atoms. The molecule has 0 aromatic heterocycles. The van der Waals surface area contributed by atoms with Gasteiger partial charge >= 0.3 is 0 Å². The first-order chi connectivity index (χ1) is 14.2. The molecule has 2 atom stereocenters. The van der Waals surface area contributed by atoms with Crippen molar-refractivity contribution in [2.75, 3.05) is 0 Å². The van der Waals surface area contributed by atoms with Crippen LogP contribution in [0.15, 0.2) is 65.3 Å². The number of nitrogens with two attached hydrogens (primary N) is 4. The predicted octanol–water partition coefficient (Wildman–Crippen LogP) is 0.380. The summed E-state index contributed by atoms with van der Waals surface area (Å²) < 4.78 is 6.17. The highest BCUT2D eigenvalue weighted by atomic mass is 16.5. The van der Waals surface area contributed by atoms with Gasteiger partial charge in [-0.05, 0) is 17.2 Å². The summed E-state index contributed by atoms with van der Waals surface area (Å²) in [5, 5.41) is 27.5. The van der Waals surface area contributed by atoms with Crippen molar-refractivity contribution in [3.05, 3.63) is 82.4 Å². The third kappa shape index (κ3) is 3.35. The number of nitrogen functional groups attached to an aromatic ring is 2. The number of oxime groups is 1. The zero-order chi connectivity index (χ0) is 22.1. The third-order valence-electron chi connectivity index (χ3n) is 4.89. The molecule has 3 rings (SSSR count). The fourth-order valence-electron chi connectivity index (χ4n) is 3.35. The van der Waals surface area contributed by atoms with Gasteiger partial charge in [0.1, 0.15) is 17.8 Å². The van der Waals surface area contributed by atoms with Crippen LogP contribution in [0.3, 0.4) is 0 Å². The SMILES string of the molecule is N=C(N)c1ccc(C2C=C(C(N)=O)C(/C(N)=N/O)(c3ccc(C(=N)N)cc3)O2)cc1. The Kier molecular flexibility index (Phi) is 5.26. The number of carbonyl (C=O) groups is 1. The number of benzene rings is 2. The lowest BCUT2D eigenvalue weighted by atomic mass is 9.84. The van der Waals surface area contributed by atoms with Gasteiger partial charge in [0.25, 0.3) is 0 Å². The Morgan fingerprint density at radius 3 is 1.87 bits per heavy atom. The van der Waals surface area contributed by atoms with E-state index in [1.165, 1.54) is 6.08 Å². The van der Waals surface area contributed by atoms with Crippen LogP contribution < -0.4 is 22.9 Å². The summed E-state index contributed by atoms with van der Waals surface area (Å²) in [7, 11) is 0. The molecule has 1 amide bonds. The maximum Gasteiger partial charge on any atom is 0.248 e. The topological polar surface area (TPSA) is 211 Å². The van der Waals surface area contributed by atoms with Crippen molar-refractivity contribution < 1.29 is 14.7 Å². The summed E-state index contributed by atoms with van der Waals surface area (Å²) in [6, 6.07) is 12.9. The smallest absolute Gasteiger partial charge is 0.248 e. The first kappa shape index (κ1) is 20.6. The molecule has 0 bridgehead atoms. The molecule has 10 heteroatoms. The molecule has 10 nitrogen and oxygen atoms in total. The minimum absolute atomic E-state index is 0.00554. The number of hydrogen-bond donors (Lipinski definition) is 7. The van der Waals surface area contributed by atoms with E-state index in [2.05, 4.69) is 5.16 Å². The standard InChI is InChI=1S/C20H21N7O3/c21-16(22)11-3-1-10(2-4-11)15-9-14(18(25)28)20(30-15,19(26)27-29)13-7-5-12(6-8-13)17(23)24/h1-9,15,29H,(H3,21,22)(H3,23,24)(H2,25,28)(H2,26,27). The van der Waals surface area contributed by atoms with Crippen molar-refractivity contribution in [1.82, 2.24) is 0 Å². The lowest BCUT2D eigenvalue weighted by molar-refractivity contribution is -0.116. The molecule has 0 saturated heterocycles. The van der Waals surface area contributed by atoms with Gasteiger partial charge in [-0.25, -0.2) is 0 Å². The van der Waals surface area contributed by atoms with E-state index in [1.54, 1.807) is 48.5 Å². The first-order valence-electron chi connectivity index (χ1n) is 8.78. The average molecular weight is 407 g/mol. The van der Waals surface area contributed by atoms with Gasteiger partial charge in [0.15, 0.2) is 11.4 Å². The average Bonchev–Trinajstić information content (AvgIpc) is 3.15. The Bertz CT molecular complexity index is 1070. The molecule has 0 fully saturated rings. The van der Waals surface area contributed by atoms with Gasteiger partial charge in [-0.2, -0.15) is 0 Å². The maximum atomic E-state index is 12.3. The number of rotatable bonds is 6. The number of carbonyl (C=O) groups excluding carboxylic acids is 1. The molecular weight excluding hydrogens is 386 g/mol. The molecule has 2 aromatic carbocycles. The summed E-state index contributed by atoms with van der Waals surface area (Å²) in [5.41, 5.74) is 22.8. The Hall–Kier alpha value is -4.18. The minimum Gasteiger partial charge on any atom is -0.409 e. The highest BCUT2D eigenvalue weighted by molar-refractivity contribution is 6.06. The first-order valence-corrected chi connectivity index (χ1v) is 8.78. The van der Waals surface area contributed by atoms with Crippen molar-refractivity contribution >= 4 is 23.4 Å². The Morgan fingerprint density at radius 2 is 1.43 bits per heavy atom. The second kappa shape index (κ2) is 7.68. The quantitative estimate of drug-likeness (QED) is 0.155. The summed E-state index contributed by atoms with van der Waals surface area (Å²) in [4.78, 5) is 12.3. The van der Waals surface area contributed by atoms with Gasteiger partial charge in [-0.15, -0.1) is 0 Å². The van der Waals surface area contributed by atoms with E-state index in [1.807, 2.05) is 0 Å². The molecule has 154 valence electrons. The van der Waals surface area contributed by atoms with Crippen LogP contribution in [0.25, 0.3) is 0 Å². The van der Waals surface area contributed by atoms with E-state index < -0.39 is 17.6 Å². The molecule has 0 spiro atoms. The molecule has 1 aliphatic rings. The molecular formula is C20H21N7O3. The molecule has 0 saturated carbocycles. The van der Waals surface area contributed by atoms with E-state index >= 15 is 0 Å². The highest BCUT2D eigenvalue weighted by Crippen LogP contribution is 2.45. The number of nitrogens with one attached hydrogen (secondary N) is 2. The minimum atomic E-state index is -1.74. The van der Waals surface area contributed by atoms with Crippen LogP contribution in [0.5, 0.6) is 0 Å². The summed E-state index contributed by atoms with van der Waals surface area (Å²) >= 11 is 0. The number of primary amides is 1. The summed E-state index contributed by atoms with van der Waals surface area (Å²) in [6.45, 7) is 0. The van der Waals surface area contributed by atoms with Crippen LogP contribution >= 0.6 is 0 Å². The molecule has 2 unspecified atom stereocenters. The van der Waals surface area contributed by atoms with E-state index in [4.69, 9.17) is 38.5 Å². The molecule has 0 radical (unpaired) electrons. The summed E-state index contributed by atoms with van der Waals surface area (Å²) in [6.07, 6.45) is 0.753. The largest absolute Gasteiger partial charge is 0.409 e. The van der Waals surface area contributed by atoms with Gasteiger partial charge in [0.05, 0.1) is 5.57 Å². The van der Waals surface area contributed by atoms with Gasteiger partial charge in [-0.3, -0.25) is 15.6 Å². The number of amides is 1. The zero-order valence-electron chi connectivity index (χ0n) is 15.8. The maximum absolute atomic E-state index is 12.3. The van der Waals surface area contributed by atoms with Gasteiger partial charge in [0, 0.05) is 11.1 Å². The van der Waals surface area contributed by atoms with Crippen molar-refractivity contribution in [3.63, 3.8) is 0 Å². The van der Waals surface area contributed by atoms with Crippen LogP contribution in [-0.4, -0.2) is 28.6 Å². The molecule has 2 aromatic rings. The Morgan fingerprint density at radius 1 is 0.933 bits per heavy atom. The van der Waals surface area contributed by atoms with Gasteiger partial charge in [0.2, 0.25) is 5.91 Å². The fraction of sp³-hybridized carbons (Fsp3) is 0.100. The van der Waals surface area contributed by atoms with Crippen molar-refractivity contribution in [2.45, 2.75) is 11.7 Å². The molecule has 11 N–H and O–H groups in total. The van der Waals surface area contributed by atoms with E-state index in [-0.39, 0.29) is 23.1 Å². The van der Waals surface area contributed by atoms with E-state index in [0.29, 0.717) is 22.3 Å². The second-order valence-electron chi connectivity index (χ2n) is 6.68. The molecule has 1 heterocycles. The fourth-order valence-corrected chi connectivity index (χ4v) is 3.35. The third-order valence-corrected chi connectivity index (χ3v) is 4.89. The van der Waals surface area contributed by atoms with Crippen molar-refractivity contribution in [3.8, 4) is 0 Å². The number of nitrogens with zero attached hydrogens (tertiary/aromatic N) is 1. The second-order valence-corrected chi connectivity index (χ2v) is 6.68. The lowest BCUT2D eigenvalue weighted by Gasteiger charge is -2.31. The highest BCUT2D eigenvalue weighted by Gasteiger charge is 2.51. The van der Waals surface area contributed by atoms with Crippen molar-refractivity contribution in [1.29, 1.82) is 10.8 Å². The number of amidine groups is 3. The normalized spacial score (nSPS) is 21.1. The molecule has 1 aliphatic heterocycles. The monoisotopic (exact) mass is 407 g/mol. The van der Waals surface area contributed by atoms with E-state index in [0.717, 1.165) is 0 Å². The lowest BCUT2D eigenvalue weighted by Crippen LogP contribution is -2.46. The number of ether oxygens (including phenoxy) is 1. The van der Waals surface area contributed by atoms with Gasteiger partial charge in [-0.1, -0.05) is 53.7 Å². The molecule has 0 aliphatic carbocycles. The zero-order valence-corrected chi connectivity index (χ0v) is 15.8. The predicted molar refractivity (Wildman–Crippen MR) is 111 cm³/mol. The summed E-state index contributed by atoms with van der Waals surface area (Å²) in [5.74, 6) is -1.41. The Balaban J connectivity index is 2.12. The van der Waals surface area contributed by atoms with Crippen LogP contribution in [0, 0.1) is 10.8 Å². The van der Waals surface area contributed by atoms with Crippen molar-refractivity contribution in [2.24, 2.45) is 28.1 Å².